The highest BCUT2D eigenvalue weighted by molar-refractivity contribution is 5.15. The van der Waals surface area contributed by atoms with E-state index in [1.165, 1.54) is 0 Å². The molecule has 1 aromatic heterocycles. The van der Waals surface area contributed by atoms with Gasteiger partial charge in [0.15, 0.2) is 5.75 Å². The molecule has 0 fully saturated rings. The van der Waals surface area contributed by atoms with Crippen LogP contribution in [0.1, 0.15) is 19.8 Å². The highest BCUT2D eigenvalue weighted by Crippen LogP contribution is 2.00. The molecule has 1 aromatic rings. The van der Waals surface area contributed by atoms with Crippen LogP contribution in [0.25, 0.3) is 0 Å². The summed E-state index contributed by atoms with van der Waals surface area (Å²) < 4.78 is 5.23. The van der Waals surface area contributed by atoms with E-state index in [9.17, 15) is 4.79 Å². The van der Waals surface area contributed by atoms with Gasteiger partial charge < -0.3 is 9.72 Å². The fraction of sp³-hybridized carbons (Fsp3) is 0.444. The average molecular weight is 167 g/mol. The molecule has 0 aliphatic heterocycles. The molecule has 1 heterocycles. The molecule has 0 spiro atoms. The first-order chi connectivity index (χ1) is 5.84. The number of aromatic amines is 1. The molecule has 0 bridgehead atoms. The number of aromatic nitrogens is 1. The number of unbranched alkanes of at least 4 members (excludes halogenated alkanes) is 1. The first-order valence-electron chi connectivity index (χ1n) is 4.15. The lowest BCUT2D eigenvalue weighted by molar-refractivity contribution is 0.305. The molecule has 0 unspecified atom stereocenters. The summed E-state index contributed by atoms with van der Waals surface area (Å²) in [6, 6.07) is 3.43. The molecule has 1 N–H and O–H groups in total. The topological polar surface area (TPSA) is 42.1 Å². The van der Waals surface area contributed by atoms with Crippen LogP contribution in [-0.4, -0.2) is 11.6 Å². The van der Waals surface area contributed by atoms with Crippen molar-refractivity contribution >= 4 is 0 Å². The molecule has 3 nitrogen and oxygen atoms in total. The summed E-state index contributed by atoms with van der Waals surface area (Å²) in [5, 5.41) is 0. The number of hydrogen-bond donors (Lipinski definition) is 1. The van der Waals surface area contributed by atoms with E-state index in [4.69, 9.17) is 4.74 Å². The van der Waals surface area contributed by atoms with Crippen LogP contribution in [0.15, 0.2) is 23.1 Å². The maximum absolute atomic E-state index is 11.0. The zero-order chi connectivity index (χ0) is 8.81. The van der Waals surface area contributed by atoms with E-state index < -0.39 is 0 Å². The zero-order valence-corrected chi connectivity index (χ0v) is 7.17. The van der Waals surface area contributed by atoms with E-state index in [0.29, 0.717) is 12.4 Å². The molecule has 0 amide bonds. The lowest BCUT2D eigenvalue weighted by atomic mass is 10.3. The SMILES string of the molecule is CCCCOc1ccc[nH]c1=O. The van der Waals surface area contributed by atoms with Crippen molar-refractivity contribution in [1.82, 2.24) is 4.98 Å². The number of pyridine rings is 1. The molecule has 1 rings (SSSR count). The third-order valence-corrected chi connectivity index (χ3v) is 1.54. The van der Waals surface area contributed by atoms with E-state index in [1.54, 1.807) is 18.3 Å². The van der Waals surface area contributed by atoms with E-state index in [0.717, 1.165) is 12.8 Å². The summed E-state index contributed by atoms with van der Waals surface area (Å²) in [5.74, 6) is 0.408. The Morgan fingerprint density at radius 1 is 1.58 bits per heavy atom. The normalized spacial score (nSPS) is 9.75. The van der Waals surface area contributed by atoms with Crippen molar-refractivity contribution < 1.29 is 4.74 Å². The number of hydrogen-bond acceptors (Lipinski definition) is 2. The molecule has 0 aliphatic carbocycles. The highest BCUT2D eigenvalue weighted by atomic mass is 16.5. The van der Waals surface area contributed by atoms with Crippen molar-refractivity contribution in [3.8, 4) is 5.75 Å². The number of ether oxygens (including phenoxy) is 1. The summed E-state index contributed by atoms with van der Waals surface area (Å²) in [4.78, 5) is 13.6. The second-order valence-corrected chi connectivity index (χ2v) is 2.57. The standard InChI is InChI=1S/C9H13NO2/c1-2-3-7-12-8-5-4-6-10-9(8)11/h4-6H,2-3,7H2,1H3,(H,10,11). The summed E-state index contributed by atoms with van der Waals surface area (Å²) in [6.45, 7) is 2.70. The minimum atomic E-state index is -0.159. The van der Waals surface area contributed by atoms with Gasteiger partial charge in [0.2, 0.25) is 0 Å². The van der Waals surface area contributed by atoms with Crippen LogP contribution < -0.4 is 10.3 Å². The summed E-state index contributed by atoms with van der Waals surface area (Å²) >= 11 is 0. The summed E-state index contributed by atoms with van der Waals surface area (Å²) in [7, 11) is 0. The first-order valence-corrected chi connectivity index (χ1v) is 4.15. The van der Waals surface area contributed by atoms with Crippen molar-refractivity contribution in [3.63, 3.8) is 0 Å². The fourth-order valence-electron chi connectivity index (χ4n) is 0.846. The highest BCUT2D eigenvalue weighted by Gasteiger charge is 1.96. The Labute approximate surface area is 71.4 Å². The Hall–Kier alpha value is -1.25. The van der Waals surface area contributed by atoms with Crippen LogP contribution in [0.3, 0.4) is 0 Å². The Balaban J connectivity index is 2.52. The fourth-order valence-corrected chi connectivity index (χ4v) is 0.846. The average Bonchev–Trinajstić information content (AvgIpc) is 2.09. The van der Waals surface area contributed by atoms with Crippen LogP contribution in [0.2, 0.25) is 0 Å². The van der Waals surface area contributed by atoms with Gasteiger partial charge in [-0.3, -0.25) is 4.79 Å². The van der Waals surface area contributed by atoms with E-state index in [2.05, 4.69) is 11.9 Å². The molecule has 0 aliphatic rings. The number of H-pyrrole nitrogens is 1. The van der Waals surface area contributed by atoms with Gasteiger partial charge in [-0.1, -0.05) is 13.3 Å². The van der Waals surface area contributed by atoms with Crippen molar-refractivity contribution in [2.45, 2.75) is 19.8 Å². The minimum Gasteiger partial charge on any atom is -0.488 e. The first kappa shape index (κ1) is 8.84. The summed E-state index contributed by atoms with van der Waals surface area (Å²) in [5.41, 5.74) is -0.159. The van der Waals surface area contributed by atoms with Gasteiger partial charge in [0.1, 0.15) is 0 Å². The summed E-state index contributed by atoms with van der Waals surface area (Å²) in [6.07, 6.45) is 3.65. The van der Waals surface area contributed by atoms with Crippen LogP contribution in [-0.2, 0) is 0 Å². The van der Waals surface area contributed by atoms with Gasteiger partial charge in [0, 0.05) is 6.20 Å². The predicted octanol–water partition coefficient (Wildman–Crippen LogP) is 1.55. The van der Waals surface area contributed by atoms with Gasteiger partial charge in [-0.25, -0.2) is 0 Å². The molecule has 66 valence electrons. The van der Waals surface area contributed by atoms with Gasteiger partial charge in [-0.15, -0.1) is 0 Å². The Bertz CT molecular complexity index is 280. The van der Waals surface area contributed by atoms with Crippen LogP contribution in [0.5, 0.6) is 5.75 Å². The van der Waals surface area contributed by atoms with Gasteiger partial charge in [-0.2, -0.15) is 0 Å². The number of rotatable bonds is 4. The Morgan fingerprint density at radius 3 is 3.08 bits per heavy atom. The lowest BCUT2D eigenvalue weighted by Crippen LogP contribution is -2.10. The minimum absolute atomic E-state index is 0.159. The van der Waals surface area contributed by atoms with Crippen LogP contribution in [0.4, 0.5) is 0 Å². The predicted molar refractivity (Wildman–Crippen MR) is 47.5 cm³/mol. The molecular weight excluding hydrogens is 154 g/mol. The third-order valence-electron chi connectivity index (χ3n) is 1.54. The van der Waals surface area contributed by atoms with E-state index in [1.807, 2.05) is 0 Å². The Kier molecular flexibility index (Phi) is 3.38. The number of nitrogens with one attached hydrogen (secondary N) is 1. The quantitative estimate of drug-likeness (QED) is 0.691. The second-order valence-electron chi connectivity index (χ2n) is 2.57. The zero-order valence-electron chi connectivity index (χ0n) is 7.17. The van der Waals surface area contributed by atoms with Crippen molar-refractivity contribution in [2.24, 2.45) is 0 Å². The van der Waals surface area contributed by atoms with Crippen molar-refractivity contribution in [1.29, 1.82) is 0 Å². The molecule has 3 heteroatoms. The van der Waals surface area contributed by atoms with Gasteiger partial charge >= 0.3 is 0 Å². The maximum Gasteiger partial charge on any atom is 0.290 e. The van der Waals surface area contributed by atoms with Crippen molar-refractivity contribution in [3.05, 3.63) is 28.7 Å². The maximum atomic E-state index is 11.0. The van der Waals surface area contributed by atoms with Gasteiger partial charge in [-0.05, 0) is 18.6 Å². The molecule has 0 aromatic carbocycles. The molecule has 12 heavy (non-hydrogen) atoms. The molecule has 0 saturated heterocycles. The van der Waals surface area contributed by atoms with Gasteiger partial charge in [0.25, 0.3) is 5.56 Å². The Morgan fingerprint density at radius 2 is 2.42 bits per heavy atom. The molecular formula is C9H13NO2. The third kappa shape index (κ3) is 2.42. The van der Waals surface area contributed by atoms with E-state index in [-0.39, 0.29) is 5.56 Å². The van der Waals surface area contributed by atoms with Crippen LogP contribution >= 0.6 is 0 Å². The van der Waals surface area contributed by atoms with Crippen LogP contribution in [0, 0.1) is 0 Å². The molecule has 0 radical (unpaired) electrons. The second kappa shape index (κ2) is 4.59. The largest absolute Gasteiger partial charge is 0.488 e. The van der Waals surface area contributed by atoms with Crippen molar-refractivity contribution in [2.75, 3.05) is 6.61 Å². The molecule has 0 atom stereocenters. The smallest absolute Gasteiger partial charge is 0.290 e. The van der Waals surface area contributed by atoms with Gasteiger partial charge in [0.05, 0.1) is 6.61 Å². The monoisotopic (exact) mass is 167 g/mol. The lowest BCUT2D eigenvalue weighted by Gasteiger charge is -2.02. The van der Waals surface area contributed by atoms with E-state index >= 15 is 0 Å². The molecule has 0 saturated carbocycles.